The molecule has 1 aromatic rings. The van der Waals surface area contributed by atoms with E-state index >= 15 is 0 Å². The van der Waals surface area contributed by atoms with E-state index in [4.69, 9.17) is 4.74 Å². The summed E-state index contributed by atoms with van der Waals surface area (Å²) in [4.78, 5) is 16.5. The molecule has 106 valence electrons. The molecule has 1 aromatic heterocycles. The van der Waals surface area contributed by atoms with Gasteiger partial charge in [-0.2, -0.15) is 0 Å². The van der Waals surface area contributed by atoms with Crippen LogP contribution in [0.25, 0.3) is 0 Å². The lowest BCUT2D eigenvalue weighted by Gasteiger charge is -2.21. The van der Waals surface area contributed by atoms with E-state index in [0.29, 0.717) is 5.56 Å². The number of hydrogen-bond donors (Lipinski definition) is 0. The van der Waals surface area contributed by atoms with Crippen LogP contribution < -0.4 is 0 Å². The van der Waals surface area contributed by atoms with Crippen molar-refractivity contribution in [1.29, 1.82) is 0 Å². The Kier molecular flexibility index (Phi) is 4.39. The molecule has 0 radical (unpaired) electrons. The number of hydrogen-bond acceptors (Lipinski definition) is 3. The lowest BCUT2D eigenvalue weighted by atomic mass is 9.90. The molecule has 0 bridgehead atoms. The number of aromatic nitrogens is 1. The molecule has 0 spiro atoms. The van der Waals surface area contributed by atoms with Crippen molar-refractivity contribution in [2.24, 2.45) is 5.41 Å². The number of esters is 1. The topological polar surface area (TPSA) is 39.2 Å². The van der Waals surface area contributed by atoms with Gasteiger partial charge in [0.1, 0.15) is 5.60 Å². The van der Waals surface area contributed by atoms with Crippen molar-refractivity contribution in [3.8, 4) is 0 Å². The Hall–Kier alpha value is -1.38. The first-order valence-electron chi connectivity index (χ1n) is 6.68. The van der Waals surface area contributed by atoms with Crippen LogP contribution in [0.4, 0.5) is 0 Å². The summed E-state index contributed by atoms with van der Waals surface area (Å²) in [6.45, 7) is 14.0. The van der Waals surface area contributed by atoms with Crippen molar-refractivity contribution in [2.45, 2.75) is 60.5 Å². The van der Waals surface area contributed by atoms with Crippen LogP contribution in [0, 0.1) is 12.3 Å². The summed E-state index contributed by atoms with van der Waals surface area (Å²) in [7, 11) is 0. The van der Waals surface area contributed by atoms with Gasteiger partial charge in [0.15, 0.2) is 0 Å². The van der Waals surface area contributed by atoms with Gasteiger partial charge in [-0.3, -0.25) is 4.98 Å². The smallest absolute Gasteiger partial charge is 0.340 e. The molecule has 0 aromatic carbocycles. The third-order valence-corrected chi connectivity index (χ3v) is 2.47. The van der Waals surface area contributed by atoms with Gasteiger partial charge >= 0.3 is 5.97 Å². The lowest BCUT2D eigenvalue weighted by molar-refractivity contribution is 0.00682. The second-order valence-electron chi connectivity index (χ2n) is 7.17. The highest BCUT2D eigenvalue weighted by atomic mass is 16.6. The van der Waals surface area contributed by atoms with Gasteiger partial charge in [0, 0.05) is 5.69 Å². The predicted octanol–water partition coefficient (Wildman–Crippen LogP) is 3.93. The summed E-state index contributed by atoms with van der Waals surface area (Å²) in [6, 6.07) is 3.73. The Bertz CT molecular complexity index is 465. The molecular formula is C16H25NO2. The number of carbonyl (C=O) groups is 1. The molecular weight excluding hydrogens is 238 g/mol. The van der Waals surface area contributed by atoms with Gasteiger partial charge in [0.05, 0.1) is 11.3 Å². The van der Waals surface area contributed by atoms with Crippen LogP contribution in [-0.4, -0.2) is 16.6 Å². The van der Waals surface area contributed by atoms with E-state index in [9.17, 15) is 4.79 Å². The average Bonchev–Trinajstić information content (AvgIpc) is 2.11. The van der Waals surface area contributed by atoms with E-state index in [-0.39, 0.29) is 11.4 Å². The van der Waals surface area contributed by atoms with E-state index < -0.39 is 5.60 Å². The van der Waals surface area contributed by atoms with Crippen LogP contribution >= 0.6 is 0 Å². The summed E-state index contributed by atoms with van der Waals surface area (Å²) in [6.07, 6.45) is 0.891. The van der Waals surface area contributed by atoms with Gasteiger partial charge in [0.25, 0.3) is 0 Å². The highest BCUT2D eigenvalue weighted by Gasteiger charge is 2.20. The molecule has 1 heterocycles. The highest BCUT2D eigenvalue weighted by Crippen LogP contribution is 2.21. The number of nitrogens with zero attached hydrogens (tertiary/aromatic N) is 1. The minimum absolute atomic E-state index is 0.187. The average molecular weight is 263 g/mol. The van der Waals surface area contributed by atoms with Crippen molar-refractivity contribution in [3.63, 3.8) is 0 Å². The van der Waals surface area contributed by atoms with E-state index in [1.165, 1.54) is 0 Å². The third-order valence-electron chi connectivity index (χ3n) is 2.47. The Morgan fingerprint density at radius 3 is 2.16 bits per heavy atom. The molecule has 0 unspecified atom stereocenters. The zero-order valence-corrected chi connectivity index (χ0v) is 13.1. The first-order chi connectivity index (χ1) is 8.48. The minimum Gasteiger partial charge on any atom is -0.456 e. The van der Waals surface area contributed by atoms with Gasteiger partial charge in [-0.1, -0.05) is 20.8 Å². The summed E-state index contributed by atoms with van der Waals surface area (Å²) >= 11 is 0. The lowest BCUT2D eigenvalue weighted by Crippen LogP contribution is -2.24. The van der Waals surface area contributed by atoms with Gasteiger partial charge in [-0.15, -0.1) is 0 Å². The summed E-state index contributed by atoms with van der Waals surface area (Å²) in [5.74, 6) is -0.306. The number of carbonyl (C=O) groups excluding carboxylic acids is 1. The van der Waals surface area contributed by atoms with Crippen LogP contribution in [0.5, 0.6) is 0 Å². The van der Waals surface area contributed by atoms with E-state index in [2.05, 4.69) is 25.8 Å². The molecule has 0 aliphatic carbocycles. The van der Waals surface area contributed by atoms with Gasteiger partial charge in [-0.25, -0.2) is 4.79 Å². The van der Waals surface area contributed by atoms with Gasteiger partial charge < -0.3 is 4.74 Å². The molecule has 3 heteroatoms. The van der Waals surface area contributed by atoms with Crippen molar-refractivity contribution in [1.82, 2.24) is 4.98 Å². The first-order valence-corrected chi connectivity index (χ1v) is 6.68. The maximum absolute atomic E-state index is 12.0. The molecule has 19 heavy (non-hydrogen) atoms. The summed E-state index contributed by atoms with van der Waals surface area (Å²) in [5, 5.41) is 0. The van der Waals surface area contributed by atoms with Crippen LogP contribution in [0.2, 0.25) is 0 Å². The number of ether oxygens (including phenoxy) is 1. The van der Waals surface area contributed by atoms with Crippen LogP contribution in [0.15, 0.2) is 12.1 Å². The van der Waals surface area contributed by atoms with Crippen molar-refractivity contribution < 1.29 is 9.53 Å². The molecule has 3 nitrogen and oxygen atoms in total. The molecule has 0 saturated heterocycles. The van der Waals surface area contributed by atoms with Crippen LogP contribution in [0.1, 0.15) is 63.3 Å². The van der Waals surface area contributed by atoms with E-state index in [1.54, 1.807) is 0 Å². The molecule has 0 aliphatic rings. The second-order valence-corrected chi connectivity index (χ2v) is 7.17. The van der Waals surface area contributed by atoms with Gasteiger partial charge in [-0.05, 0) is 51.7 Å². The van der Waals surface area contributed by atoms with Crippen LogP contribution in [-0.2, 0) is 11.2 Å². The fourth-order valence-electron chi connectivity index (χ4n) is 1.80. The quantitative estimate of drug-likeness (QED) is 0.759. The molecule has 0 saturated carbocycles. The normalized spacial score (nSPS) is 12.4. The molecule has 0 atom stereocenters. The number of pyridine rings is 1. The van der Waals surface area contributed by atoms with Crippen LogP contribution in [0.3, 0.4) is 0 Å². The molecule has 0 amide bonds. The van der Waals surface area contributed by atoms with Gasteiger partial charge in [0.2, 0.25) is 0 Å². The van der Waals surface area contributed by atoms with Crippen molar-refractivity contribution in [2.75, 3.05) is 0 Å². The second kappa shape index (κ2) is 5.32. The molecule has 0 aliphatic heterocycles. The highest BCUT2D eigenvalue weighted by molar-refractivity contribution is 5.90. The van der Waals surface area contributed by atoms with E-state index in [0.717, 1.165) is 17.8 Å². The monoisotopic (exact) mass is 263 g/mol. The third kappa shape index (κ3) is 5.41. The Morgan fingerprint density at radius 2 is 1.74 bits per heavy atom. The number of rotatable bonds is 2. The van der Waals surface area contributed by atoms with Crippen molar-refractivity contribution >= 4 is 5.97 Å². The SMILES string of the molecule is Cc1nc(CC(C)(C)C)ccc1C(=O)OC(C)(C)C. The predicted molar refractivity (Wildman–Crippen MR) is 77.3 cm³/mol. The molecule has 1 rings (SSSR count). The Labute approximate surface area is 116 Å². The zero-order valence-electron chi connectivity index (χ0n) is 13.1. The molecule has 0 N–H and O–H groups in total. The molecule has 0 fully saturated rings. The largest absolute Gasteiger partial charge is 0.456 e. The standard InChI is InChI=1S/C16H25NO2/c1-11-13(14(18)19-16(5,6)7)9-8-12(17-11)10-15(2,3)4/h8-9H,10H2,1-7H3. The summed E-state index contributed by atoms with van der Waals surface area (Å²) in [5.41, 5.74) is 2.00. The maximum atomic E-state index is 12.0. The fourth-order valence-corrected chi connectivity index (χ4v) is 1.80. The Balaban J connectivity index is 2.92. The maximum Gasteiger partial charge on any atom is 0.340 e. The number of aryl methyl sites for hydroxylation is 1. The Morgan fingerprint density at radius 1 is 1.16 bits per heavy atom. The van der Waals surface area contributed by atoms with E-state index in [1.807, 2.05) is 39.8 Å². The first kappa shape index (κ1) is 15.7. The van der Waals surface area contributed by atoms with Crippen molar-refractivity contribution in [3.05, 3.63) is 29.1 Å². The minimum atomic E-state index is -0.479. The fraction of sp³-hybridized carbons (Fsp3) is 0.625. The summed E-state index contributed by atoms with van der Waals surface area (Å²) < 4.78 is 5.37. The zero-order chi connectivity index (χ0) is 14.8.